The van der Waals surface area contributed by atoms with E-state index in [0.29, 0.717) is 11.1 Å². The van der Waals surface area contributed by atoms with E-state index in [9.17, 15) is 9.59 Å². The highest BCUT2D eigenvalue weighted by atomic mass is 32.1. The average Bonchev–Trinajstić information content (AvgIpc) is 3.66. The fourth-order valence-corrected chi connectivity index (χ4v) is 8.56. The van der Waals surface area contributed by atoms with Crippen LogP contribution >= 0.6 is 11.3 Å². The van der Waals surface area contributed by atoms with Crippen molar-refractivity contribution in [2.24, 2.45) is 0 Å². The van der Waals surface area contributed by atoms with Gasteiger partial charge in [0.25, 0.3) is 0 Å². The van der Waals surface area contributed by atoms with Gasteiger partial charge in [-0.1, -0.05) is 91.0 Å². The molecule has 42 heavy (non-hydrogen) atoms. The molecular formula is C38H23NO2S. The van der Waals surface area contributed by atoms with Crippen molar-refractivity contribution in [3.63, 3.8) is 0 Å². The number of Topliss-reactive ketones (excluding diaryl/α,β-unsaturated/α-hetero) is 2. The molecule has 198 valence electrons. The predicted molar refractivity (Wildman–Crippen MR) is 170 cm³/mol. The van der Waals surface area contributed by atoms with E-state index in [1.807, 2.05) is 42.5 Å². The van der Waals surface area contributed by atoms with E-state index < -0.39 is 5.41 Å². The average molecular weight is 558 g/mol. The molecule has 0 fully saturated rings. The Labute approximate surface area is 247 Å². The van der Waals surface area contributed by atoms with Gasteiger partial charge in [-0.3, -0.25) is 9.59 Å². The van der Waals surface area contributed by atoms with E-state index >= 15 is 0 Å². The highest BCUT2D eigenvalue weighted by molar-refractivity contribution is 7.17. The maximum Gasteiger partial charge on any atom is 0.197 e. The van der Waals surface area contributed by atoms with E-state index in [1.54, 1.807) is 11.3 Å². The quantitative estimate of drug-likeness (QED) is 0.150. The second-order valence-electron chi connectivity index (χ2n) is 11.2. The first-order valence-electron chi connectivity index (χ1n) is 14.1. The van der Waals surface area contributed by atoms with Crippen molar-refractivity contribution < 1.29 is 9.59 Å². The molecule has 4 heteroatoms. The van der Waals surface area contributed by atoms with Gasteiger partial charge in [0, 0.05) is 34.3 Å². The molecule has 1 aromatic heterocycles. The van der Waals surface area contributed by atoms with Crippen LogP contribution in [-0.4, -0.2) is 18.6 Å². The first-order chi connectivity index (χ1) is 20.6. The molecule has 6 aromatic rings. The zero-order valence-electron chi connectivity index (χ0n) is 22.7. The monoisotopic (exact) mass is 557 g/mol. The van der Waals surface area contributed by atoms with Gasteiger partial charge < -0.3 is 4.90 Å². The number of hydrogen-bond acceptors (Lipinski definition) is 4. The molecule has 0 atom stereocenters. The Kier molecular flexibility index (Phi) is 4.64. The standard InChI is InChI=1S/C38H23NO2S/c1-39-34-17-9-8-16-32(34)38(30-14-6-4-12-25(30)26-13-5-7-15-31(26)38)33-21-24(42-37(33)39)20-29-35(40)27-18-22-10-2-3-11-23(22)19-28(27)36(29)41/h2-21H,1H3. The van der Waals surface area contributed by atoms with Gasteiger partial charge in [0.15, 0.2) is 11.6 Å². The number of benzene rings is 5. The second-order valence-corrected chi connectivity index (χ2v) is 12.3. The van der Waals surface area contributed by atoms with Crippen LogP contribution in [0.15, 0.2) is 121 Å². The number of hydrogen-bond donors (Lipinski definition) is 0. The van der Waals surface area contributed by atoms with Gasteiger partial charge >= 0.3 is 0 Å². The molecule has 0 unspecified atom stereocenters. The molecule has 3 nitrogen and oxygen atoms in total. The second kappa shape index (κ2) is 8.25. The van der Waals surface area contributed by atoms with E-state index in [4.69, 9.17) is 0 Å². The molecular weight excluding hydrogens is 534 g/mol. The summed E-state index contributed by atoms with van der Waals surface area (Å²) in [6, 6.07) is 39.8. The van der Waals surface area contributed by atoms with Crippen LogP contribution < -0.4 is 4.90 Å². The van der Waals surface area contributed by atoms with Crippen LogP contribution in [0.25, 0.3) is 28.0 Å². The van der Waals surface area contributed by atoms with E-state index in [-0.39, 0.29) is 17.1 Å². The summed E-state index contributed by atoms with van der Waals surface area (Å²) in [7, 11) is 2.11. The topological polar surface area (TPSA) is 37.4 Å². The van der Waals surface area contributed by atoms with Crippen molar-refractivity contribution in [1.29, 1.82) is 0 Å². The summed E-state index contributed by atoms with van der Waals surface area (Å²) in [6.45, 7) is 0. The van der Waals surface area contributed by atoms with Gasteiger partial charge in [-0.15, -0.1) is 11.3 Å². The first-order valence-corrected chi connectivity index (χ1v) is 14.9. The third kappa shape index (κ3) is 2.85. The number of fused-ring (bicyclic) bond motifs is 11. The summed E-state index contributed by atoms with van der Waals surface area (Å²) >= 11 is 1.63. The Morgan fingerprint density at radius 2 is 1.12 bits per heavy atom. The number of anilines is 2. The Hall–Kier alpha value is -5.06. The summed E-state index contributed by atoms with van der Waals surface area (Å²) < 4.78 is 0. The van der Waals surface area contributed by atoms with Crippen LogP contribution in [0.1, 0.15) is 47.8 Å². The van der Waals surface area contributed by atoms with Gasteiger partial charge in [-0.05, 0) is 68.9 Å². The van der Waals surface area contributed by atoms with Gasteiger partial charge in [0.2, 0.25) is 0 Å². The first kappa shape index (κ1) is 23.6. The van der Waals surface area contributed by atoms with Gasteiger partial charge in [0.1, 0.15) is 5.00 Å². The largest absolute Gasteiger partial charge is 0.336 e. The molecule has 2 aliphatic carbocycles. The summed E-state index contributed by atoms with van der Waals surface area (Å²) in [5.74, 6) is -0.398. The highest BCUT2D eigenvalue weighted by Crippen LogP contribution is 2.63. The number of carbonyl (C=O) groups excluding carboxylic acids is 2. The predicted octanol–water partition coefficient (Wildman–Crippen LogP) is 8.81. The van der Waals surface area contributed by atoms with Gasteiger partial charge in [-0.25, -0.2) is 0 Å². The van der Waals surface area contributed by atoms with Crippen LogP contribution in [-0.2, 0) is 5.41 Å². The number of rotatable bonds is 1. The van der Waals surface area contributed by atoms with Gasteiger partial charge in [0.05, 0.1) is 11.0 Å². The molecule has 9 rings (SSSR count). The summed E-state index contributed by atoms with van der Waals surface area (Å²) in [4.78, 5) is 30.4. The van der Waals surface area contributed by atoms with Crippen molar-refractivity contribution in [3.8, 4) is 11.1 Å². The van der Waals surface area contributed by atoms with Crippen molar-refractivity contribution in [3.05, 3.63) is 159 Å². The molecule has 0 amide bonds. The molecule has 1 spiro atoms. The number of allylic oxidation sites excluding steroid dienone is 1. The summed E-state index contributed by atoms with van der Waals surface area (Å²) in [5, 5.41) is 3.04. The lowest BCUT2D eigenvalue weighted by molar-refractivity contribution is 0.0990. The molecule has 5 aromatic carbocycles. The zero-order chi connectivity index (χ0) is 28.2. The Balaban J connectivity index is 1.28. The van der Waals surface area contributed by atoms with Crippen LogP contribution in [0.5, 0.6) is 0 Å². The van der Waals surface area contributed by atoms with E-state index in [0.717, 1.165) is 26.3 Å². The molecule has 2 heterocycles. The third-order valence-corrected chi connectivity index (χ3v) is 10.4. The minimum atomic E-state index is -0.497. The van der Waals surface area contributed by atoms with Crippen molar-refractivity contribution in [2.45, 2.75) is 5.41 Å². The summed E-state index contributed by atoms with van der Waals surface area (Å²) in [5.41, 5.74) is 9.31. The van der Waals surface area contributed by atoms with Crippen molar-refractivity contribution in [1.82, 2.24) is 0 Å². The van der Waals surface area contributed by atoms with E-state index in [2.05, 4.69) is 90.8 Å². The fourth-order valence-electron chi connectivity index (χ4n) is 7.42. The lowest BCUT2D eigenvalue weighted by atomic mass is 9.66. The van der Waals surface area contributed by atoms with Crippen LogP contribution in [0.2, 0.25) is 0 Å². The Morgan fingerprint density at radius 1 is 0.595 bits per heavy atom. The van der Waals surface area contributed by atoms with Crippen molar-refractivity contribution >= 4 is 50.4 Å². The molecule has 0 bridgehead atoms. The van der Waals surface area contributed by atoms with Crippen LogP contribution in [0.4, 0.5) is 10.7 Å². The maximum atomic E-state index is 13.6. The minimum Gasteiger partial charge on any atom is -0.336 e. The van der Waals surface area contributed by atoms with Crippen molar-refractivity contribution in [2.75, 3.05) is 11.9 Å². The summed E-state index contributed by atoms with van der Waals surface area (Å²) in [6.07, 6.45) is 1.82. The molecule has 0 N–H and O–H groups in total. The Bertz CT molecular complexity index is 2120. The number of ketones is 2. The van der Waals surface area contributed by atoms with E-state index in [1.165, 1.54) is 33.4 Å². The van der Waals surface area contributed by atoms with Crippen LogP contribution in [0, 0.1) is 0 Å². The molecule has 0 radical (unpaired) electrons. The lowest BCUT2D eigenvalue weighted by Crippen LogP contribution is -2.35. The number of carbonyl (C=O) groups is 2. The fraction of sp³-hybridized carbons (Fsp3) is 0.0526. The normalized spacial score (nSPS) is 15.5. The Morgan fingerprint density at radius 3 is 1.74 bits per heavy atom. The zero-order valence-corrected chi connectivity index (χ0v) is 23.5. The maximum absolute atomic E-state index is 13.6. The molecule has 0 saturated heterocycles. The molecule has 3 aliphatic rings. The van der Waals surface area contributed by atoms with Gasteiger partial charge in [-0.2, -0.15) is 0 Å². The molecule has 0 saturated carbocycles. The number of nitrogens with zero attached hydrogens (tertiary/aromatic N) is 1. The molecule has 1 aliphatic heterocycles. The lowest BCUT2D eigenvalue weighted by Gasteiger charge is -2.42. The number of para-hydroxylation sites is 1. The third-order valence-electron chi connectivity index (χ3n) is 9.21. The SMILES string of the molecule is CN1c2ccccc2C2(c3ccccc3-c3ccccc32)c2cc(C=C3C(=O)c4cc5ccccc5cc4C3=O)sc21. The smallest absolute Gasteiger partial charge is 0.197 e. The number of thiophene rings is 1. The van der Waals surface area contributed by atoms with Crippen LogP contribution in [0.3, 0.4) is 0 Å². The highest BCUT2D eigenvalue weighted by Gasteiger charge is 2.51. The minimum absolute atomic E-state index is 0.199.